The molecule has 2 heteroatoms. The Balaban J connectivity index is 0.951. The Kier molecular flexibility index (Phi) is 7.26. The van der Waals surface area contributed by atoms with Gasteiger partial charge >= 0.3 is 0 Å². The summed E-state index contributed by atoms with van der Waals surface area (Å²) in [4.78, 5) is 0. The van der Waals surface area contributed by atoms with Crippen LogP contribution in [0, 0.1) is 0 Å². The van der Waals surface area contributed by atoms with E-state index in [9.17, 15) is 0 Å². The van der Waals surface area contributed by atoms with Crippen LogP contribution in [-0.4, -0.2) is 8.97 Å². The Hall–Kier alpha value is -8.46. The van der Waals surface area contributed by atoms with Crippen LogP contribution in [0.3, 0.4) is 0 Å². The summed E-state index contributed by atoms with van der Waals surface area (Å²) in [6.07, 6.45) is 0. The zero-order valence-corrected chi connectivity index (χ0v) is 39.5. The van der Waals surface area contributed by atoms with E-state index in [1.165, 1.54) is 154 Å². The van der Waals surface area contributed by atoms with Crippen molar-refractivity contribution in [2.24, 2.45) is 0 Å². The molecule has 328 valence electrons. The number of nitrogens with zero attached hydrogens (tertiary/aromatic N) is 2. The first-order valence-electron chi connectivity index (χ1n) is 24.8. The number of fused-ring (bicyclic) bond motifs is 18. The molecule has 0 saturated heterocycles. The van der Waals surface area contributed by atoms with Crippen molar-refractivity contribution in [1.29, 1.82) is 0 Å². The fraction of sp³-hybridized carbons (Fsp3) is 0.0882. The standard InChI is InChI=1S/C68H46N2/c1-67(2)56-19-11-8-16-48(56)51-32-41(26-28-58(51)67)39-22-24-43-36-61-53(34-45(43)30-39)54-38-63-64(50-18-10-13-21-60(50)69(63)47-14-6-5-7-15-47)65-55-35-46-31-40(23-25-44(46)37-62(55)70(61)66(54)65)42-27-29-59-52(33-42)49-17-9-12-20-57(49)68(59,3)4/h5-38H,1-4H3. The van der Waals surface area contributed by atoms with Crippen molar-refractivity contribution in [2.75, 3.05) is 0 Å². The van der Waals surface area contributed by atoms with E-state index in [-0.39, 0.29) is 10.8 Å². The summed E-state index contributed by atoms with van der Waals surface area (Å²) in [5, 5.41) is 12.7. The lowest BCUT2D eigenvalue weighted by atomic mass is 9.82. The third-order valence-electron chi connectivity index (χ3n) is 17.0. The van der Waals surface area contributed by atoms with Gasteiger partial charge in [-0.2, -0.15) is 0 Å². The summed E-state index contributed by atoms with van der Waals surface area (Å²) < 4.78 is 5.07. The molecule has 0 fully saturated rings. The van der Waals surface area contributed by atoms with Gasteiger partial charge in [0, 0.05) is 48.8 Å². The number of rotatable bonds is 3. The summed E-state index contributed by atoms with van der Waals surface area (Å²) in [5.41, 5.74) is 23.4. The smallest absolute Gasteiger partial charge is 0.0628 e. The fourth-order valence-corrected chi connectivity index (χ4v) is 13.6. The first-order valence-corrected chi connectivity index (χ1v) is 24.8. The van der Waals surface area contributed by atoms with Gasteiger partial charge in [-0.15, -0.1) is 0 Å². The molecule has 0 N–H and O–H groups in total. The molecule has 0 unspecified atom stereocenters. The van der Waals surface area contributed by atoms with Crippen LogP contribution in [0.4, 0.5) is 0 Å². The Morgan fingerprint density at radius 2 is 0.800 bits per heavy atom. The summed E-state index contributed by atoms with van der Waals surface area (Å²) in [5.74, 6) is 0. The summed E-state index contributed by atoms with van der Waals surface area (Å²) in [7, 11) is 0. The summed E-state index contributed by atoms with van der Waals surface area (Å²) >= 11 is 0. The lowest BCUT2D eigenvalue weighted by molar-refractivity contribution is 0.660. The van der Waals surface area contributed by atoms with Crippen LogP contribution in [-0.2, 0) is 10.8 Å². The molecule has 0 atom stereocenters. The molecule has 3 aromatic heterocycles. The van der Waals surface area contributed by atoms with E-state index < -0.39 is 0 Å². The van der Waals surface area contributed by atoms with Gasteiger partial charge in [-0.25, -0.2) is 0 Å². The van der Waals surface area contributed by atoms with Crippen molar-refractivity contribution >= 4 is 81.4 Å². The van der Waals surface area contributed by atoms with E-state index in [4.69, 9.17) is 0 Å². The van der Waals surface area contributed by atoms with Gasteiger partial charge in [0.05, 0.1) is 27.6 Å². The molecule has 0 saturated carbocycles. The number of hydrogen-bond acceptors (Lipinski definition) is 0. The third kappa shape index (κ3) is 4.88. The highest BCUT2D eigenvalue weighted by Gasteiger charge is 2.36. The number of aromatic nitrogens is 2. The fourth-order valence-electron chi connectivity index (χ4n) is 13.6. The van der Waals surface area contributed by atoms with Crippen LogP contribution >= 0.6 is 0 Å². The molecule has 0 amide bonds. The minimum Gasteiger partial charge on any atom is -0.309 e. The minimum absolute atomic E-state index is 0.0168. The second-order valence-electron chi connectivity index (χ2n) is 21.3. The Morgan fingerprint density at radius 1 is 0.300 bits per heavy atom. The highest BCUT2D eigenvalue weighted by atomic mass is 15.0. The first-order chi connectivity index (χ1) is 34.2. The van der Waals surface area contributed by atoms with Crippen LogP contribution in [0.1, 0.15) is 49.9 Å². The molecule has 70 heavy (non-hydrogen) atoms. The molecule has 11 aromatic carbocycles. The Bertz CT molecular complexity index is 4630. The van der Waals surface area contributed by atoms with Crippen molar-refractivity contribution in [3.8, 4) is 50.2 Å². The monoisotopic (exact) mass is 890 g/mol. The summed E-state index contributed by atoms with van der Waals surface area (Å²) in [6, 6.07) is 78.6. The highest BCUT2D eigenvalue weighted by Crippen LogP contribution is 2.52. The minimum atomic E-state index is -0.0195. The van der Waals surface area contributed by atoms with E-state index >= 15 is 0 Å². The van der Waals surface area contributed by atoms with Crippen LogP contribution < -0.4 is 0 Å². The van der Waals surface area contributed by atoms with Crippen molar-refractivity contribution < 1.29 is 0 Å². The lowest BCUT2D eigenvalue weighted by Gasteiger charge is -2.21. The van der Waals surface area contributed by atoms with Gasteiger partial charge in [0.15, 0.2) is 0 Å². The van der Waals surface area contributed by atoms with Gasteiger partial charge in [0.25, 0.3) is 0 Å². The maximum atomic E-state index is 2.59. The van der Waals surface area contributed by atoms with Gasteiger partial charge < -0.3 is 8.97 Å². The molecule has 0 aliphatic heterocycles. The second-order valence-corrected chi connectivity index (χ2v) is 21.3. The van der Waals surface area contributed by atoms with Gasteiger partial charge in [-0.1, -0.05) is 161 Å². The zero-order chi connectivity index (χ0) is 46.4. The molecule has 2 aliphatic carbocycles. The molecule has 14 aromatic rings. The van der Waals surface area contributed by atoms with Gasteiger partial charge in [-0.3, -0.25) is 0 Å². The zero-order valence-electron chi connectivity index (χ0n) is 39.5. The van der Waals surface area contributed by atoms with Crippen LogP contribution in [0.5, 0.6) is 0 Å². The SMILES string of the molecule is CC1(C)c2ccccc2-c2cc(-c3ccc4cc5c(cc4c3)c3cc4c(c6ccccc6n4-c4ccccc4)c4c6cc7cc(-c8ccc9c(c8)-c8ccccc8C9(C)C)ccc7cc6n5c34)ccc21. The van der Waals surface area contributed by atoms with Crippen LogP contribution in [0.2, 0.25) is 0 Å². The van der Waals surface area contributed by atoms with Crippen LogP contribution in [0.25, 0.3) is 132 Å². The maximum absolute atomic E-state index is 2.59. The van der Waals surface area contributed by atoms with E-state index in [0.29, 0.717) is 0 Å². The number of hydrogen-bond donors (Lipinski definition) is 0. The number of benzene rings is 11. The van der Waals surface area contributed by atoms with Gasteiger partial charge in [0.1, 0.15) is 0 Å². The van der Waals surface area contributed by atoms with E-state index in [1.54, 1.807) is 0 Å². The summed E-state index contributed by atoms with van der Waals surface area (Å²) in [6.45, 7) is 9.43. The van der Waals surface area contributed by atoms with E-state index in [0.717, 1.165) is 0 Å². The molecule has 0 spiro atoms. The second kappa shape index (κ2) is 13.2. The quantitative estimate of drug-likeness (QED) is 0.167. The van der Waals surface area contributed by atoms with Gasteiger partial charge in [-0.05, 0) is 161 Å². The third-order valence-corrected chi connectivity index (χ3v) is 17.0. The topological polar surface area (TPSA) is 9.34 Å². The highest BCUT2D eigenvalue weighted by molar-refractivity contribution is 6.37. The van der Waals surface area contributed by atoms with Crippen molar-refractivity contribution in [1.82, 2.24) is 8.97 Å². The largest absolute Gasteiger partial charge is 0.309 e. The molecular weight excluding hydrogens is 845 g/mol. The molecule has 0 radical (unpaired) electrons. The average molecular weight is 891 g/mol. The first kappa shape index (κ1) is 38.5. The maximum Gasteiger partial charge on any atom is 0.0628 e. The molecule has 2 nitrogen and oxygen atoms in total. The molecule has 2 aliphatic rings. The molecule has 0 bridgehead atoms. The van der Waals surface area contributed by atoms with Gasteiger partial charge in [0.2, 0.25) is 0 Å². The van der Waals surface area contributed by atoms with Crippen molar-refractivity contribution in [2.45, 2.75) is 38.5 Å². The van der Waals surface area contributed by atoms with Crippen LogP contribution in [0.15, 0.2) is 206 Å². The van der Waals surface area contributed by atoms with E-state index in [1.807, 2.05) is 0 Å². The normalized spacial score (nSPS) is 14.5. The Labute approximate surface area is 405 Å². The lowest BCUT2D eigenvalue weighted by Crippen LogP contribution is -2.14. The number of para-hydroxylation sites is 2. The van der Waals surface area contributed by atoms with Crippen molar-refractivity contribution in [3.63, 3.8) is 0 Å². The van der Waals surface area contributed by atoms with E-state index in [2.05, 4.69) is 243 Å². The molecular formula is C68H46N2. The van der Waals surface area contributed by atoms with Crippen molar-refractivity contribution in [3.05, 3.63) is 229 Å². The molecule has 16 rings (SSSR count). The average Bonchev–Trinajstić information content (AvgIpc) is 4.14. The Morgan fingerprint density at radius 3 is 1.43 bits per heavy atom. The predicted octanol–water partition coefficient (Wildman–Crippen LogP) is 18.2. The molecule has 3 heterocycles. The predicted molar refractivity (Wildman–Crippen MR) is 296 cm³/mol.